The second-order valence-corrected chi connectivity index (χ2v) is 4.96. The van der Waals surface area contributed by atoms with Crippen molar-refractivity contribution in [3.63, 3.8) is 0 Å². The van der Waals surface area contributed by atoms with Gasteiger partial charge in [-0.3, -0.25) is 0 Å². The number of hydrogen-bond donors (Lipinski definition) is 1. The molecule has 5 heteroatoms. The van der Waals surface area contributed by atoms with E-state index in [9.17, 15) is 4.39 Å². The number of halogens is 3. The van der Waals surface area contributed by atoms with Crippen LogP contribution in [0, 0.1) is 5.82 Å². The minimum atomic E-state index is -0.279. The van der Waals surface area contributed by atoms with Crippen LogP contribution in [0.4, 0.5) is 10.2 Å². The zero-order valence-electron chi connectivity index (χ0n) is 8.75. The smallest absolute Gasteiger partial charge is 0.127 e. The molecule has 0 saturated heterocycles. The van der Waals surface area contributed by atoms with Gasteiger partial charge in [0.05, 0.1) is 5.02 Å². The Bertz CT molecular complexity index is 560. The molecular formula is C12H9BrClFN2. The third kappa shape index (κ3) is 2.96. The number of benzene rings is 1. The highest BCUT2D eigenvalue weighted by Gasteiger charge is 2.07. The largest absolute Gasteiger partial charge is 0.383 e. The summed E-state index contributed by atoms with van der Waals surface area (Å²) in [5.74, 6) is 0.0930. The van der Waals surface area contributed by atoms with Crippen molar-refractivity contribution in [3.05, 3.63) is 56.9 Å². The molecule has 1 aromatic heterocycles. The third-order valence-corrected chi connectivity index (χ3v) is 3.06. The van der Waals surface area contributed by atoms with E-state index in [1.54, 1.807) is 18.2 Å². The Morgan fingerprint density at radius 3 is 2.76 bits per heavy atom. The molecular weight excluding hydrogens is 307 g/mol. The van der Waals surface area contributed by atoms with E-state index in [2.05, 4.69) is 20.9 Å². The van der Waals surface area contributed by atoms with Crippen molar-refractivity contribution in [1.29, 1.82) is 0 Å². The average molecular weight is 316 g/mol. The van der Waals surface area contributed by atoms with Gasteiger partial charge in [-0.05, 0) is 23.8 Å². The van der Waals surface area contributed by atoms with Gasteiger partial charge in [-0.15, -0.1) is 0 Å². The first-order chi connectivity index (χ1) is 8.06. The van der Waals surface area contributed by atoms with E-state index >= 15 is 0 Å². The topological polar surface area (TPSA) is 38.9 Å². The first-order valence-electron chi connectivity index (χ1n) is 4.90. The zero-order valence-corrected chi connectivity index (χ0v) is 11.1. The predicted octanol–water partition coefficient (Wildman–Crippen LogP) is 3.81. The lowest BCUT2D eigenvalue weighted by Crippen LogP contribution is -2.00. The first-order valence-corrected chi connectivity index (χ1v) is 6.07. The summed E-state index contributed by atoms with van der Waals surface area (Å²) >= 11 is 9.04. The van der Waals surface area contributed by atoms with E-state index in [1.807, 2.05) is 0 Å². The highest BCUT2D eigenvalue weighted by molar-refractivity contribution is 9.10. The Hall–Kier alpha value is -1.13. The van der Waals surface area contributed by atoms with Crippen molar-refractivity contribution in [2.75, 3.05) is 5.73 Å². The van der Waals surface area contributed by atoms with E-state index in [0.29, 0.717) is 27.3 Å². The highest BCUT2D eigenvalue weighted by atomic mass is 79.9. The summed E-state index contributed by atoms with van der Waals surface area (Å²) < 4.78 is 14.3. The number of nitrogens with zero attached hydrogens (tertiary/aromatic N) is 1. The molecule has 0 aliphatic carbocycles. The van der Waals surface area contributed by atoms with Gasteiger partial charge in [0.1, 0.15) is 11.6 Å². The van der Waals surface area contributed by atoms with Crippen molar-refractivity contribution >= 4 is 33.3 Å². The lowest BCUT2D eigenvalue weighted by Gasteiger charge is -2.06. The van der Waals surface area contributed by atoms with Gasteiger partial charge in [0, 0.05) is 22.7 Å². The number of anilines is 1. The fraction of sp³-hybridized carbons (Fsp3) is 0.0833. The van der Waals surface area contributed by atoms with Crippen molar-refractivity contribution < 1.29 is 4.39 Å². The second kappa shape index (κ2) is 5.02. The van der Waals surface area contributed by atoms with E-state index in [-0.39, 0.29) is 5.82 Å². The van der Waals surface area contributed by atoms with Crippen LogP contribution in [0.25, 0.3) is 0 Å². The number of pyridine rings is 1. The van der Waals surface area contributed by atoms with Crippen molar-refractivity contribution in [3.8, 4) is 0 Å². The summed E-state index contributed by atoms with van der Waals surface area (Å²) in [6, 6.07) is 6.61. The van der Waals surface area contributed by atoms with Crippen LogP contribution in [-0.4, -0.2) is 4.98 Å². The van der Waals surface area contributed by atoms with Crippen LogP contribution in [-0.2, 0) is 6.42 Å². The van der Waals surface area contributed by atoms with Crippen molar-refractivity contribution in [1.82, 2.24) is 4.98 Å². The van der Waals surface area contributed by atoms with E-state index in [0.717, 1.165) is 5.56 Å². The van der Waals surface area contributed by atoms with E-state index in [1.165, 1.54) is 12.3 Å². The first kappa shape index (κ1) is 12.3. The molecule has 88 valence electrons. The molecule has 0 fully saturated rings. The van der Waals surface area contributed by atoms with Crippen LogP contribution >= 0.6 is 27.5 Å². The summed E-state index contributed by atoms with van der Waals surface area (Å²) in [4.78, 5) is 3.94. The standard InChI is InChI=1S/C12H9BrClFN2/c13-9-2-1-7(11(15)5-9)3-8-4-10(14)6-17-12(8)16/h1-2,4-6H,3H2,(H2,16,17). The Morgan fingerprint density at radius 2 is 2.06 bits per heavy atom. The Morgan fingerprint density at radius 1 is 1.29 bits per heavy atom. The molecule has 2 rings (SSSR count). The molecule has 0 aliphatic heterocycles. The SMILES string of the molecule is Nc1ncc(Cl)cc1Cc1ccc(Br)cc1F. The fourth-order valence-corrected chi connectivity index (χ4v) is 2.02. The molecule has 2 aromatic rings. The molecule has 0 saturated carbocycles. The summed E-state index contributed by atoms with van der Waals surface area (Å²) in [5.41, 5.74) is 7.00. The highest BCUT2D eigenvalue weighted by Crippen LogP contribution is 2.22. The lowest BCUT2D eigenvalue weighted by molar-refractivity contribution is 0.613. The van der Waals surface area contributed by atoms with Gasteiger partial charge in [-0.2, -0.15) is 0 Å². The molecule has 0 spiro atoms. The number of hydrogen-bond acceptors (Lipinski definition) is 2. The second-order valence-electron chi connectivity index (χ2n) is 3.61. The molecule has 0 bridgehead atoms. The van der Waals surface area contributed by atoms with Crippen molar-refractivity contribution in [2.24, 2.45) is 0 Å². The molecule has 0 amide bonds. The minimum Gasteiger partial charge on any atom is -0.383 e. The summed E-state index contributed by atoms with van der Waals surface area (Å²) in [5, 5.41) is 0.492. The lowest BCUT2D eigenvalue weighted by atomic mass is 10.1. The van der Waals surface area contributed by atoms with Crippen molar-refractivity contribution in [2.45, 2.75) is 6.42 Å². The molecule has 1 heterocycles. The summed E-state index contributed by atoms with van der Waals surface area (Å²) in [7, 11) is 0. The maximum absolute atomic E-state index is 13.6. The Labute approximate surface area is 112 Å². The van der Waals surface area contributed by atoms with E-state index in [4.69, 9.17) is 17.3 Å². The molecule has 17 heavy (non-hydrogen) atoms. The van der Waals surface area contributed by atoms with Gasteiger partial charge in [0.15, 0.2) is 0 Å². The number of nitrogen functional groups attached to an aromatic ring is 1. The monoisotopic (exact) mass is 314 g/mol. The summed E-state index contributed by atoms with van der Waals surface area (Å²) in [6.45, 7) is 0. The van der Waals surface area contributed by atoms with Gasteiger partial charge in [0.25, 0.3) is 0 Å². The maximum atomic E-state index is 13.6. The normalized spacial score (nSPS) is 10.5. The van der Waals surface area contributed by atoms with Crippen LogP contribution in [0.2, 0.25) is 5.02 Å². The predicted molar refractivity (Wildman–Crippen MR) is 70.6 cm³/mol. The Balaban J connectivity index is 2.34. The van der Waals surface area contributed by atoms with Gasteiger partial charge >= 0.3 is 0 Å². The van der Waals surface area contributed by atoms with Gasteiger partial charge in [-0.25, -0.2) is 9.37 Å². The fourth-order valence-electron chi connectivity index (χ4n) is 1.50. The summed E-state index contributed by atoms with van der Waals surface area (Å²) in [6.07, 6.45) is 1.84. The molecule has 0 atom stereocenters. The Kier molecular flexibility index (Phi) is 3.64. The number of aromatic nitrogens is 1. The van der Waals surface area contributed by atoms with Crippen LogP contribution in [0.15, 0.2) is 34.9 Å². The average Bonchev–Trinajstić information content (AvgIpc) is 2.27. The minimum absolute atomic E-state index is 0.279. The molecule has 2 nitrogen and oxygen atoms in total. The number of nitrogens with two attached hydrogens (primary N) is 1. The van der Waals surface area contributed by atoms with Crippen LogP contribution in [0.5, 0.6) is 0 Å². The van der Waals surface area contributed by atoms with Gasteiger partial charge in [-0.1, -0.05) is 33.6 Å². The van der Waals surface area contributed by atoms with Gasteiger partial charge in [0.2, 0.25) is 0 Å². The van der Waals surface area contributed by atoms with Crippen LogP contribution in [0.1, 0.15) is 11.1 Å². The molecule has 0 radical (unpaired) electrons. The van der Waals surface area contributed by atoms with Gasteiger partial charge < -0.3 is 5.73 Å². The maximum Gasteiger partial charge on any atom is 0.127 e. The van der Waals surface area contributed by atoms with Crippen LogP contribution < -0.4 is 5.73 Å². The molecule has 1 aromatic carbocycles. The number of rotatable bonds is 2. The molecule has 2 N–H and O–H groups in total. The van der Waals surface area contributed by atoms with E-state index < -0.39 is 0 Å². The molecule has 0 aliphatic rings. The third-order valence-electron chi connectivity index (χ3n) is 2.36. The zero-order chi connectivity index (χ0) is 12.4. The quantitative estimate of drug-likeness (QED) is 0.915. The molecule has 0 unspecified atom stereocenters. The van der Waals surface area contributed by atoms with Crippen LogP contribution in [0.3, 0.4) is 0 Å².